The molecule has 0 nitrogen and oxygen atoms in total. The molecule has 1 aromatic rings. The van der Waals surface area contributed by atoms with E-state index in [1.165, 1.54) is 14.9 Å². The Morgan fingerprint density at radius 3 is 2.25 bits per heavy atom. The van der Waals surface area contributed by atoms with Gasteiger partial charge in [-0.05, 0) is 46.3 Å². The lowest BCUT2D eigenvalue weighted by Gasteiger charge is -1.84. The molecule has 8 heavy (non-hydrogen) atoms. The highest BCUT2D eigenvalue weighted by Crippen LogP contribution is 2.25. The summed E-state index contributed by atoms with van der Waals surface area (Å²) in [6, 6.07) is 0. The van der Waals surface area contributed by atoms with Gasteiger partial charge in [0.2, 0.25) is 0 Å². The Morgan fingerprint density at radius 1 is 1.50 bits per heavy atom. The number of thiophene rings is 1. The topological polar surface area (TPSA) is 0 Å². The van der Waals surface area contributed by atoms with Crippen molar-refractivity contribution in [2.75, 3.05) is 0 Å². The van der Waals surface area contributed by atoms with Crippen LogP contribution in [0.1, 0.15) is 11.1 Å². The summed E-state index contributed by atoms with van der Waals surface area (Å²) in [5.41, 5.74) is 2.75. The van der Waals surface area contributed by atoms with E-state index in [1.807, 2.05) is 0 Å². The molecule has 0 spiro atoms. The molecule has 0 radical (unpaired) electrons. The van der Waals surface area contributed by atoms with E-state index in [-0.39, 0.29) is 0 Å². The van der Waals surface area contributed by atoms with E-state index in [0.29, 0.717) is 0 Å². The highest BCUT2D eigenvalue weighted by atomic mass is 79.9. The third-order valence-corrected chi connectivity index (χ3v) is 3.37. The van der Waals surface area contributed by atoms with E-state index in [0.717, 1.165) is 0 Å². The maximum atomic E-state index is 3.43. The quantitative estimate of drug-likeness (QED) is 0.590. The van der Waals surface area contributed by atoms with Gasteiger partial charge >= 0.3 is 0 Å². The SMILES string of the molecule is Cc1csc(Br)c1C. The fourth-order valence-corrected chi connectivity index (χ4v) is 1.86. The largest absolute Gasteiger partial charge is 0.136 e. The molecule has 44 valence electrons. The Labute approximate surface area is 61.7 Å². The fraction of sp³-hybridized carbons (Fsp3) is 0.333. The molecular weight excluding hydrogens is 184 g/mol. The highest BCUT2D eigenvalue weighted by Gasteiger charge is 1.97. The maximum Gasteiger partial charge on any atom is 0.0730 e. The van der Waals surface area contributed by atoms with Crippen LogP contribution in [0.3, 0.4) is 0 Å². The Hall–Kier alpha value is 0.180. The van der Waals surface area contributed by atoms with Gasteiger partial charge in [-0.3, -0.25) is 0 Å². The third kappa shape index (κ3) is 0.955. The van der Waals surface area contributed by atoms with E-state index in [9.17, 15) is 0 Å². The van der Waals surface area contributed by atoms with Crippen molar-refractivity contribution in [3.63, 3.8) is 0 Å². The minimum absolute atomic E-state index is 1.26. The molecule has 0 saturated heterocycles. The van der Waals surface area contributed by atoms with Crippen LogP contribution in [-0.4, -0.2) is 0 Å². The standard InChI is InChI=1S/C6H7BrS/c1-4-3-8-6(7)5(4)2/h3H,1-2H3. The highest BCUT2D eigenvalue weighted by molar-refractivity contribution is 9.11. The number of halogens is 1. The van der Waals surface area contributed by atoms with Gasteiger partial charge in [-0.2, -0.15) is 0 Å². The molecule has 2 heteroatoms. The Morgan fingerprint density at radius 2 is 2.12 bits per heavy atom. The van der Waals surface area contributed by atoms with Crippen molar-refractivity contribution in [1.29, 1.82) is 0 Å². The number of hydrogen-bond acceptors (Lipinski definition) is 1. The maximum absolute atomic E-state index is 3.43. The van der Waals surface area contributed by atoms with Gasteiger partial charge in [-0.25, -0.2) is 0 Å². The van der Waals surface area contributed by atoms with Crippen LogP contribution in [0.2, 0.25) is 0 Å². The molecule has 0 aliphatic heterocycles. The normalized spacial score (nSPS) is 9.88. The second kappa shape index (κ2) is 2.19. The first-order valence-corrected chi connectivity index (χ1v) is 4.09. The van der Waals surface area contributed by atoms with E-state index in [4.69, 9.17) is 0 Å². The molecule has 0 amide bonds. The Kier molecular flexibility index (Phi) is 1.73. The molecule has 0 fully saturated rings. The second-order valence-corrected chi connectivity index (χ2v) is 4.01. The molecule has 1 rings (SSSR count). The van der Waals surface area contributed by atoms with Crippen molar-refractivity contribution in [3.05, 3.63) is 20.3 Å². The zero-order valence-electron chi connectivity index (χ0n) is 4.86. The van der Waals surface area contributed by atoms with Gasteiger partial charge in [0.05, 0.1) is 3.79 Å². The lowest BCUT2D eigenvalue weighted by molar-refractivity contribution is 1.39. The van der Waals surface area contributed by atoms with Crippen molar-refractivity contribution < 1.29 is 0 Å². The van der Waals surface area contributed by atoms with Crippen molar-refractivity contribution in [2.45, 2.75) is 13.8 Å². The van der Waals surface area contributed by atoms with Crippen LogP contribution in [0, 0.1) is 13.8 Å². The van der Waals surface area contributed by atoms with Gasteiger partial charge in [-0.15, -0.1) is 11.3 Å². The number of hydrogen-bond donors (Lipinski definition) is 0. The predicted octanol–water partition coefficient (Wildman–Crippen LogP) is 3.13. The summed E-state index contributed by atoms with van der Waals surface area (Å²) in [5, 5.41) is 2.15. The second-order valence-electron chi connectivity index (χ2n) is 1.82. The first-order valence-electron chi connectivity index (χ1n) is 2.42. The monoisotopic (exact) mass is 190 g/mol. The summed E-state index contributed by atoms with van der Waals surface area (Å²) in [4.78, 5) is 0. The molecule has 0 N–H and O–H groups in total. The van der Waals surface area contributed by atoms with Crippen molar-refractivity contribution in [2.24, 2.45) is 0 Å². The van der Waals surface area contributed by atoms with Crippen LogP contribution in [-0.2, 0) is 0 Å². The number of rotatable bonds is 0. The van der Waals surface area contributed by atoms with Gasteiger partial charge in [0.15, 0.2) is 0 Å². The summed E-state index contributed by atoms with van der Waals surface area (Å²) >= 11 is 5.18. The lowest BCUT2D eigenvalue weighted by atomic mass is 10.2. The van der Waals surface area contributed by atoms with Crippen LogP contribution in [0.5, 0.6) is 0 Å². The molecule has 0 bridgehead atoms. The molecule has 1 aromatic heterocycles. The van der Waals surface area contributed by atoms with Gasteiger partial charge in [0.1, 0.15) is 0 Å². The summed E-state index contributed by atoms with van der Waals surface area (Å²) in [6.45, 7) is 4.24. The van der Waals surface area contributed by atoms with Crippen LogP contribution >= 0.6 is 27.3 Å². The molecule has 0 saturated carbocycles. The average Bonchev–Trinajstić information content (AvgIpc) is 1.98. The van der Waals surface area contributed by atoms with Gasteiger partial charge in [0.25, 0.3) is 0 Å². The smallest absolute Gasteiger partial charge is 0.0730 e. The zero-order valence-corrected chi connectivity index (χ0v) is 7.27. The Bertz CT molecular complexity index is 171. The van der Waals surface area contributed by atoms with Gasteiger partial charge in [0, 0.05) is 0 Å². The minimum atomic E-state index is 1.26. The molecule has 0 aliphatic rings. The van der Waals surface area contributed by atoms with Crippen molar-refractivity contribution in [1.82, 2.24) is 0 Å². The van der Waals surface area contributed by atoms with E-state index >= 15 is 0 Å². The minimum Gasteiger partial charge on any atom is -0.136 e. The van der Waals surface area contributed by atoms with Crippen LogP contribution in [0.15, 0.2) is 9.17 Å². The first kappa shape index (κ1) is 6.30. The first-order chi connectivity index (χ1) is 3.72. The molecule has 0 atom stereocenters. The molecule has 1 heterocycles. The van der Waals surface area contributed by atoms with Crippen LogP contribution in [0.4, 0.5) is 0 Å². The summed E-state index contributed by atoms with van der Waals surface area (Å²) in [7, 11) is 0. The third-order valence-electron chi connectivity index (χ3n) is 1.23. The summed E-state index contributed by atoms with van der Waals surface area (Å²) < 4.78 is 1.26. The van der Waals surface area contributed by atoms with E-state index in [2.05, 4.69) is 35.2 Å². The molecular formula is C6H7BrS. The Balaban J connectivity index is 3.19. The lowest BCUT2D eigenvalue weighted by Crippen LogP contribution is -1.67. The molecule has 0 aliphatic carbocycles. The molecule has 0 aromatic carbocycles. The van der Waals surface area contributed by atoms with Crippen LogP contribution in [0.25, 0.3) is 0 Å². The zero-order chi connectivity index (χ0) is 6.15. The fourth-order valence-electron chi connectivity index (χ4n) is 0.472. The molecule has 0 unspecified atom stereocenters. The number of aryl methyl sites for hydroxylation is 1. The predicted molar refractivity (Wildman–Crippen MR) is 41.5 cm³/mol. The van der Waals surface area contributed by atoms with Crippen molar-refractivity contribution in [3.8, 4) is 0 Å². The van der Waals surface area contributed by atoms with Crippen LogP contribution < -0.4 is 0 Å². The summed E-state index contributed by atoms with van der Waals surface area (Å²) in [6.07, 6.45) is 0. The van der Waals surface area contributed by atoms with Gasteiger partial charge < -0.3 is 0 Å². The average molecular weight is 191 g/mol. The van der Waals surface area contributed by atoms with Gasteiger partial charge in [-0.1, -0.05) is 0 Å². The van der Waals surface area contributed by atoms with E-state index < -0.39 is 0 Å². The summed E-state index contributed by atoms with van der Waals surface area (Å²) in [5.74, 6) is 0. The van der Waals surface area contributed by atoms with Crippen molar-refractivity contribution >= 4 is 27.3 Å². The van der Waals surface area contributed by atoms with E-state index in [1.54, 1.807) is 11.3 Å².